The molecule has 1 aliphatic rings. The largest absolute Gasteiger partial charge is 0.494 e. The maximum absolute atomic E-state index is 6.07. The Hall–Kier alpha value is -2.08. The minimum Gasteiger partial charge on any atom is -0.494 e. The van der Waals surface area contributed by atoms with Gasteiger partial charge >= 0.3 is 0 Å². The first-order chi connectivity index (χ1) is 11.3. The molecular formula is C16H19ClN4O2. The number of pyridine rings is 1. The number of hydrogen-bond acceptors (Lipinski definition) is 6. The summed E-state index contributed by atoms with van der Waals surface area (Å²) in [6.07, 6.45) is 7.25. The van der Waals surface area contributed by atoms with E-state index in [-0.39, 0.29) is 0 Å². The van der Waals surface area contributed by atoms with Gasteiger partial charge in [-0.15, -0.1) is 0 Å². The molecule has 6 nitrogen and oxygen atoms in total. The van der Waals surface area contributed by atoms with Gasteiger partial charge in [-0.3, -0.25) is 0 Å². The molecule has 23 heavy (non-hydrogen) atoms. The van der Waals surface area contributed by atoms with Crippen molar-refractivity contribution in [1.82, 2.24) is 15.0 Å². The van der Waals surface area contributed by atoms with E-state index in [1.54, 1.807) is 37.8 Å². The lowest BCUT2D eigenvalue weighted by Crippen LogP contribution is -2.38. The smallest absolute Gasteiger partial charge is 0.232 e. The second-order valence-corrected chi connectivity index (χ2v) is 5.89. The topological polar surface area (TPSA) is 60.4 Å². The van der Waals surface area contributed by atoms with E-state index in [1.807, 2.05) is 0 Å². The van der Waals surface area contributed by atoms with E-state index in [9.17, 15) is 0 Å². The average Bonchev–Trinajstić information content (AvgIpc) is 2.61. The van der Waals surface area contributed by atoms with Crippen LogP contribution in [0, 0.1) is 5.92 Å². The number of ether oxygens (including phenoxy) is 2. The third-order valence-corrected chi connectivity index (χ3v) is 4.12. The fourth-order valence-corrected chi connectivity index (χ4v) is 2.81. The van der Waals surface area contributed by atoms with Crippen molar-refractivity contribution in [2.24, 2.45) is 5.92 Å². The molecule has 2 aromatic rings. The van der Waals surface area contributed by atoms with Crippen molar-refractivity contribution in [3.63, 3.8) is 0 Å². The highest BCUT2D eigenvalue weighted by Gasteiger charge is 2.22. The van der Waals surface area contributed by atoms with Crippen molar-refractivity contribution in [2.45, 2.75) is 12.8 Å². The lowest BCUT2D eigenvalue weighted by atomic mass is 9.99. The maximum Gasteiger partial charge on any atom is 0.232 e. The molecule has 1 aliphatic heterocycles. The van der Waals surface area contributed by atoms with Gasteiger partial charge in [-0.05, 0) is 25.0 Å². The lowest BCUT2D eigenvalue weighted by Gasteiger charge is -2.32. The Morgan fingerprint density at radius 2 is 2.13 bits per heavy atom. The number of rotatable bonds is 5. The number of hydrogen-bond donors (Lipinski definition) is 0. The van der Waals surface area contributed by atoms with Crippen LogP contribution in [0.25, 0.3) is 0 Å². The van der Waals surface area contributed by atoms with E-state index in [2.05, 4.69) is 19.9 Å². The van der Waals surface area contributed by atoms with E-state index >= 15 is 0 Å². The predicted molar refractivity (Wildman–Crippen MR) is 88.3 cm³/mol. The van der Waals surface area contributed by atoms with E-state index in [0.29, 0.717) is 29.2 Å². The zero-order valence-electron chi connectivity index (χ0n) is 13.0. The zero-order valence-corrected chi connectivity index (χ0v) is 13.7. The van der Waals surface area contributed by atoms with Crippen LogP contribution in [0.5, 0.6) is 11.6 Å². The quantitative estimate of drug-likeness (QED) is 0.838. The molecule has 0 bridgehead atoms. The van der Waals surface area contributed by atoms with Gasteiger partial charge in [-0.25, -0.2) is 15.0 Å². The molecular weight excluding hydrogens is 316 g/mol. The van der Waals surface area contributed by atoms with Gasteiger partial charge in [0.25, 0.3) is 0 Å². The Kier molecular flexibility index (Phi) is 5.12. The molecule has 3 heterocycles. The lowest BCUT2D eigenvalue weighted by molar-refractivity contribution is 0.221. The van der Waals surface area contributed by atoms with Crippen LogP contribution in [-0.4, -0.2) is 41.8 Å². The zero-order chi connectivity index (χ0) is 16.1. The molecule has 0 N–H and O–H groups in total. The first-order valence-corrected chi connectivity index (χ1v) is 7.98. The molecule has 1 saturated heterocycles. The van der Waals surface area contributed by atoms with Gasteiger partial charge < -0.3 is 14.4 Å². The number of methoxy groups -OCH3 is 1. The minimum absolute atomic E-state index is 0.396. The Balaban J connectivity index is 1.58. The summed E-state index contributed by atoms with van der Waals surface area (Å²) in [6.45, 7) is 2.40. The molecule has 1 unspecified atom stereocenters. The Morgan fingerprint density at radius 1 is 1.30 bits per heavy atom. The van der Waals surface area contributed by atoms with Crippen molar-refractivity contribution >= 4 is 17.5 Å². The summed E-state index contributed by atoms with van der Waals surface area (Å²) in [5.41, 5.74) is 0. The first kappa shape index (κ1) is 15.8. The standard InChI is InChI=1S/C16H19ClN4O2/c1-22-13-8-19-16(20-9-13)21-7-3-4-12(10-21)11-23-15-14(17)5-2-6-18-15/h2,5-6,8-9,12H,3-4,7,10-11H2,1H3. The molecule has 0 amide bonds. The SMILES string of the molecule is COc1cnc(N2CCCC(COc3ncccc3Cl)C2)nc1. The summed E-state index contributed by atoms with van der Waals surface area (Å²) in [6, 6.07) is 3.57. The van der Waals surface area contributed by atoms with Crippen LogP contribution in [0.4, 0.5) is 5.95 Å². The van der Waals surface area contributed by atoms with Gasteiger partial charge in [0.1, 0.15) is 5.02 Å². The Bertz CT molecular complexity index is 638. The summed E-state index contributed by atoms with van der Waals surface area (Å²) in [5, 5.41) is 0.540. The fraction of sp³-hybridized carbons (Fsp3) is 0.438. The highest BCUT2D eigenvalue weighted by molar-refractivity contribution is 6.31. The average molecular weight is 335 g/mol. The monoisotopic (exact) mass is 334 g/mol. The van der Waals surface area contributed by atoms with E-state index < -0.39 is 0 Å². The van der Waals surface area contributed by atoms with E-state index in [0.717, 1.165) is 31.9 Å². The summed E-state index contributed by atoms with van der Waals surface area (Å²) in [5.74, 6) is 2.28. The summed E-state index contributed by atoms with van der Waals surface area (Å²) >= 11 is 6.07. The molecule has 7 heteroatoms. The molecule has 0 aromatic carbocycles. The fourth-order valence-electron chi connectivity index (χ4n) is 2.64. The molecule has 122 valence electrons. The van der Waals surface area contributed by atoms with E-state index in [4.69, 9.17) is 21.1 Å². The summed E-state index contributed by atoms with van der Waals surface area (Å²) in [7, 11) is 1.61. The highest BCUT2D eigenvalue weighted by atomic mass is 35.5. The minimum atomic E-state index is 0.396. The Labute approximate surface area is 140 Å². The molecule has 0 aliphatic carbocycles. The van der Waals surface area contributed by atoms with Gasteiger partial charge in [0, 0.05) is 25.2 Å². The van der Waals surface area contributed by atoms with Crippen LogP contribution in [0.1, 0.15) is 12.8 Å². The van der Waals surface area contributed by atoms with Crippen LogP contribution < -0.4 is 14.4 Å². The Morgan fingerprint density at radius 3 is 2.87 bits per heavy atom. The van der Waals surface area contributed by atoms with Crippen LogP contribution in [-0.2, 0) is 0 Å². The first-order valence-electron chi connectivity index (χ1n) is 7.60. The molecule has 0 radical (unpaired) electrons. The van der Waals surface area contributed by atoms with Crippen molar-refractivity contribution in [3.8, 4) is 11.6 Å². The molecule has 0 saturated carbocycles. The normalized spacial score (nSPS) is 17.8. The van der Waals surface area contributed by atoms with Gasteiger partial charge in [0.05, 0.1) is 26.1 Å². The van der Waals surface area contributed by atoms with Crippen molar-refractivity contribution in [3.05, 3.63) is 35.7 Å². The van der Waals surface area contributed by atoms with Crippen LogP contribution in [0.15, 0.2) is 30.7 Å². The van der Waals surface area contributed by atoms with Gasteiger partial charge in [0.2, 0.25) is 11.8 Å². The molecule has 1 atom stereocenters. The number of piperidine rings is 1. The van der Waals surface area contributed by atoms with Crippen molar-refractivity contribution < 1.29 is 9.47 Å². The third kappa shape index (κ3) is 4.01. The van der Waals surface area contributed by atoms with Crippen molar-refractivity contribution in [2.75, 3.05) is 31.7 Å². The van der Waals surface area contributed by atoms with Gasteiger partial charge in [-0.2, -0.15) is 0 Å². The number of aromatic nitrogens is 3. The summed E-state index contributed by atoms with van der Waals surface area (Å²) < 4.78 is 10.9. The van der Waals surface area contributed by atoms with Crippen LogP contribution in [0.3, 0.4) is 0 Å². The molecule has 1 fully saturated rings. The van der Waals surface area contributed by atoms with Gasteiger partial charge in [0.15, 0.2) is 5.75 Å². The van der Waals surface area contributed by atoms with E-state index in [1.165, 1.54) is 0 Å². The highest BCUT2D eigenvalue weighted by Crippen LogP contribution is 2.24. The van der Waals surface area contributed by atoms with Crippen LogP contribution >= 0.6 is 11.6 Å². The molecule has 3 rings (SSSR count). The predicted octanol–water partition coefficient (Wildman–Crippen LogP) is 2.83. The molecule has 2 aromatic heterocycles. The number of halogens is 1. The van der Waals surface area contributed by atoms with Crippen molar-refractivity contribution in [1.29, 1.82) is 0 Å². The van der Waals surface area contributed by atoms with Gasteiger partial charge in [-0.1, -0.05) is 11.6 Å². The summed E-state index contributed by atoms with van der Waals surface area (Å²) in [4.78, 5) is 15.0. The third-order valence-electron chi connectivity index (χ3n) is 3.83. The second kappa shape index (κ2) is 7.46. The molecule has 0 spiro atoms. The second-order valence-electron chi connectivity index (χ2n) is 5.48. The number of anilines is 1. The maximum atomic E-state index is 6.07. The number of nitrogens with zero attached hydrogens (tertiary/aromatic N) is 4. The van der Waals surface area contributed by atoms with Crippen LogP contribution in [0.2, 0.25) is 5.02 Å².